The van der Waals surface area contributed by atoms with Gasteiger partial charge in [0.05, 0.1) is 25.4 Å². The summed E-state index contributed by atoms with van der Waals surface area (Å²) in [6.07, 6.45) is 9.14. The van der Waals surface area contributed by atoms with E-state index >= 15 is 0 Å². The molecule has 0 saturated carbocycles. The predicted octanol–water partition coefficient (Wildman–Crippen LogP) is 2.26. The molecular weight excluding hydrogens is 316 g/mol. The molecule has 6 heteroatoms. The van der Waals surface area contributed by atoms with Gasteiger partial charge in [0.1, 0.15) is 5.69 Å². The number of aromatic nitrogens is 3. The number of likely N-dealkylation sites (tertiary alicyclic amines) is 1. The number of benzene rings is 1. The zero-order valence-corrected chi connectivity index (χ0v) is 14.3. The smallest absolute Gasteiger partial charge is 0.223 e. The summed E-state index contributed by atoms with van der Waals surface area (Å²) in [5.41, 5.74) is 1.71. The van der Waals surface area contributed by atoms with Crippen molar-refractivity contribution in [3.05, 3.63) is 53.9 Å². The van der Waals surface area contributed by atoms with Gasteiger partial charge in [0.25, 0.3) is 0 Å². The van der Waals surface area contributed by atoms with E-state index in [9.17, 15) is 4.79 Å². The molecule has 2 aromatic rings. The highest BCUT2D eigenvalue weighted by Crippen LogP contribution is 2.20. The fraction of sp³-hybridized carbons (Fsp3) is 0.421. The molecule has 1 aliphatic rings. The van der Waals surface area contributed by atoms with Crippen LogP contribution in [-0.2, 0) is 17.9 Å². The van der Waals surface area contributed by atoms with Crippen molar-refractivity contribution in [2.24, 2.45) is 0 Å². The SMILES string of the molecule is O=C(CC/C=C/c1ccccc1)N1CCC[C@H]1Cn1cc(CO)nn1. The number of allylic oxidation sites excluding steroid dienone is 1. The number of nitrogens with zero attached hydrogens (tertiary/aromatic N) is 4. The number of amides is 1. The molecule has 0 spiro atoms. The first kappa shape index (κ1) is 17.4. The third kappa shape index (κ3) is 4.76. The first-order chi connectivity index (χ1) is 12.3. The van der Waals surface area contributed by atoms with Crippen LogP contribution in [-0.4, -0.2) is 43.5 Å². The number of hydrogen-bond donors (Lipinski definition) is 1. The van der Waals surface area contributed by atoms with Gasteiger partial charge in [0.15, 0.2) is 0 Å². The number of aliphatic hydroxyl groups excluding tert-OH is 1. The molecule has 1 aliphatic heterocycles. The van der Waals surface area contributed by atoms with E-state index in [1.54, 1.807) is 10.9 Å². The highest BCUT2D eigenvalue weighted by molar-refractivity contribution is 5.77. The quantitative estimate of drug-likeness (QED) is 0.839. The summed E-state index contributed by atoms with van der Waals surface area (Å²) in [6.45, 7) is 1.34. The number of aliphatic hydroxyl groups is 1. The van der Waals surface area contributed by atoms with Crippen molar-refractivity contribution in [3.63, 3.8) is 0 Å². The van der Waals surface area contributed by atoms with Crippen LogP contribution in [0.2, 0.25) is 0 Å². The van der Waals surface area contributed by atoms with Gasteiger partial charge in [0, 0.05) is 13.0 Å². The standard InChI is InChI=1S/C19H24N4O2/c24-15-17-13-22(21-20-17)14-18-10-6-12-23(18)19(25)11-5-4-9-16-7-2-1-3-8-16/h1-4,7-9,13,18,24H,5-6,10-12,14-15H2/b9-4+/t18-/m0/s1. The molecule has 0 unspecified atom stereocenters. The second kappa shape index (κ2) is 8.58. The average Bonchev–Trinajstić information content (AvgIpc) is 3.29. The van der Waals surface area contributed by atoms with Crippen molar-refractivity contribution in [1.82, 2.24) is 19.9 Å². The Bertz CT molecular complexity index is 711. The summed E-state index contributed by atoms with van der Waals surface area (Å²) in [4.78, 5) is 14.5. The Hall–Kier alpha value is -2.47. The van der Waals surface area contributed by atoms with Gasteiger partial charge >= 0.3 is 0 Å². The Labute approximate surface area is 147 Å². The van der Waals surface area contributed by atoms with Gasteiger partial charge < -0.3 is 10.0 Å². The van der Waals surface area contributed by atoms with Gasteiger partial charge in [-0.3, -0.25) is 9.48 Å². The van der Waals surface area contributed by atoms with Crippen LogP contribution >= 0.6 is 0 Å². The van der Waals surface area contributed by atoms with E-state index in [1.807, 2.05) is 35.2 Å². The van der Waals surface area contributed by atoms with Gasteiger partial charge in [-0.15, -0.1) is 5.10 Å². The lowest BCUT2D eigenvalue weighted by Crippen LogP contribution is -2.38. The highest BCUT2D eigenvalue weighted by atomic mass is 16.3. The number of carbonyl (C=O) groups excluding carboxylic acids is 1. The Balaban J connectivity index is 1.49. The fourth-order valence-corrected chi connectivity index (χ4v) is 3.20. The molecule has 3 rings (SSSR count). The topological polar surface area (TPSA) is 71.2 Å². The highest BCUT2D eigenvalue weighted by Gasteiger charge is 2.28. The summed E-state index contributed by atoms with van der Waals surface area (Å²) in [5, 5.41) is 17.0. The van der Waals surface area contributed by atoms with Crippen LogP contribution in [0.4, 0.5) is 0 Å². The van der Waals surface area contributed by atoms with Crippen molar-refractivity contribution < 1.29 is 9.90 Å². The summed E-state index contributed by atoms with van der Waals surface area (Å²) < 4.78 is 1.72. The summed E-state index contributed by atoms with van der Waals surface area (Å²) in [7, 11) is 0. The molecule has 1 aromatic heterocycles. The molecule has 1 atom stereocenters. The lowest BCUT2D eigenvalue weighted by atomic mass is 10.1. The summed E-state index contributed by atoms with van der Waals surface area (Å²) in [5.74, 6) is 0.197. The minimum Gasteiger partial charge on any atom is -0.390 e. The Morgan fingerprint density at radius 2 is 2.16 bits per heavy atom. The van der Waals surface area contributed by atoms with Crippen LogP contribution in [0.15, 0.2) is 42.6 Å². The van der Waals surface area contributed by atoms with Gasteiger partial charge in [-0.05, 0) is 24.8 Å². The van der Waals surface area contributed by atoms with E-state index in [-0.39, 0.29) is 18.6 Å². The lowest BCUT2D eigenvalue weighted by molar-refractivity contribution is -0.132. The monoisotopic (exact) mass is 340 g/mol. The van der Waals surface area contributed by atoms with Crippen LogP contribution in [0.3, 0.4) is 0 Å². The van der Waals surface area contributed by atoms with Crippen molar-refractivity contribution in [3.8, 4) is 0 Å². The third-order valence-electron chi connectivity index (χ3n) is 4.48. The predicted molar refractivity (Wildman–Crippen MR) is 95.4 cm³/mol. The van der Waals surface area contributed by atoms with Gasteiger partial charge in [-0.1, -0.05) is 47.7 Å². The molecule has 0 bridgehead atoms. The fourth-order valence-electron chi connectivity index (χ4n) is 3.20. The first-order valence-electron chi connectivity index (χ1n) is 8.77. The van der Waals surface area contributed by atoms with Gasteiger partial charge in [-0.25, -0.2) is 0 Å². The molecule has 1 amide bonds. The van der Waals surface area contributed by atoms with E-state index in [1.165, 1.54) is 0 Å². The minimum atomic E-state index is -0.110. The third-order valence-corrected chi connectivity index (χ3v) is 4.48. The molecular formula is C19H24N4O2. The summed E-state index contributed by atoms with van der Waals surface area (Å²) in [6, 6.07) is 10.3. The van der Waals surface area contributed by atoms with E-state index in [2.05, 4.69) is 22.5 Å². The van der Waals surface area contributed by atoms with Crippen LogP contribution in [0.1, 0.15) is 36.9 Å². The maximum Gasteiger partial charge on any atom is 0.223 e. The lowest BCUT2D eigenvalue weighted by Gasteiger charge is -2.24. The molecule has 6 nitrogen and oxygen atoms in total. The van der Waals surface area contributed by atoms with Crippen molar-refractivity contribution >= 4 is 12.0 Å². The molecule has 25 heavy (non-hydrogen) atoms. The average molecular weight is 340 g/mol. The van der Waals surface area contributed by atoms with Gasteiger partial charge in [0.2, 0.25) is 5.91 Å². The van der Waals surface area contributed by atoms with E-state index < -0.39 is 0 Å². The normalized spacial score (nSPS) is 17.5. The zero-order chi connectivity index (χ0) is 17.5. The van der Waals surface area contributed by atoms with Crippen LogP contribution in [0.25, 0.3) is 6.08 Å². The Morgan fingerprint density at radius 1 is 1.32 bits per heavy atom. The molecule has 132 valence electrons. The zero-order valence-electron chi connectivity index (χ0n) is 14.3. The van der Waals surface area contributed by atoms with E-state index in [0.29, 0.717) is 18.7 Å². The Kier molecular flexibility index (Phi) is 5.95. The summed E-state index contributed by atoms with van der Waals surface area (Å²) >= 11 is 0. The molecule has 2 heterocycles. The molecule has 1 fully saturated rings. The number of rotatable bonds is 7. The maximum atomic E-state index is 12.5. The molecule has 1 saturated heterocycles. The van der Waals surface area contributed by atoms with E-state index in [0.717, 1.165) is 31.4 Å². The van der Waals surface area contributed by atoms with E-state index in [4.69, 9.17) is 5.11 Å². The minimum absolute atomic E-state index is 0.110. The maximum absolute atomic E-state index is 12.5. The molecule has 0 radical (unpaired) electrons. The van der Waals surface area contributed by atoms with Crippen molar-refractivity contribution in [2.75, 3.05) is 6.54 Å². The van der Waals surface area contributed by atoms with Crippen molar-refractivity contribution in [2.45, 2.75) is 44.9 Å². The second-order valence-corrected chi connectivity index (χ2v) is 6.32. The van der Waals surface area contributed by atoms with Crippen LogP contribution in [0.5, 0.6) is 0 Å². The number of carbonyl (C=O) groups is 1. The first-order valence-corrected chi connectivity index (χ1v) is 8.77. The van der Waals surface area contributed by atoms with Crippen LogP contribution in [0, 0.1) is 0 Å². The Morgan fingerprint density at radius 3 is 2.92 bits per heavy atom. The largest absolute Gasteiger partial charge is 0.390 e. The molecule has 1 aromatic carbocycles. The van der Waals surface area contributed by atoms with Crippen LogP contribution < -0.4 is 0 Å². The van der Waals surface area contributed by atoms with Gasteiger partial charge in [-0.2, -0.15) is 0 Å². The molecule has 1 N–H and O–H groups in total. The van der Waals surface area contributed by atoms with Crippen molar-refractivity contribution in [1.29, 1.82) is 0 Å². The second-order valence-electron chi connectivity index (χ2n) is 6.32. The number of hydrogen-bond acceptors (Lipinski definition) is 4. The molecule has 0 aliphatic carbocycles.